The van der Waals surface area contributed by atoms with Gasteiger partial charge in [-0.1, -0.05) is 48.5 Å². The van der Waals surface area contributed by atoms with Gasteiger partial charge in [0.2, 0.25) is 0 Å². The Kier molecular flexibility index (Phi) is 9.54. The zero-order chi connectivity index (χ0) is 38.7. The van der Waals surface area contributed by atoms with Crippen LogP contribution >= 0.6 is 0 Å². The zero-order valence-corrected chi connectivity index (χ0v) is 28.5. The molecule has 4 aromatic heterocycles. The van der Waals surface area contributed by atoms with Crippen LogP contribution in [0.5, 0.6) is 5.75 Å². The number of nitrogens with zero attached hydrogens (tertiary/aromatic N) is 6. The molecule has 0 spiro atoms. The van der Waals surface area contributed by atoms with Gasteiger partial charge in [0, 0.05) is 29.4 Å². The fourth-order valence-electron chi connectivity index (χ4n) is 5.36. The molecule has 0 atom stereocenters. The number of nitrogens with two attached hydrogens (primary N) is 2. The number of halogens is 5. The number of benzene rings is 4. The van der Waals surface area contributed by atoms with Crippen molar-refractivity contribution in [1.29, 1.82) is 0 Å². The molecule has 0 amide bonds. The second-order valence-corrected chi connectivity index (χ2v) is 12.0. The van der Waals surface area contributed by atoms with E-state index < -0.39 is 17.8 Å². The van der Waals surface area contributed by atoms with Crippen molar-refractivity contribution in [3.8, 4) is 28.5 Å². The number of alkyl halides is 5. The first-order valence-electron chi connectivity index (χ1n) is 16.3. The van der Waals surface area contributed by atoms with Gasteiger partial charge in [0.25, 0.3) is 0 Å². The molecule has 0 fully saturated rings. The number of para-hydroxylation sites is 1. The summed E-state index contributed by atoms with van der Waals surface area (Å²) in [5, 5.41) is 21.1. The number of ether oxygens (including phenoxy) is 1. The molecule has 4 aromatic carbocycles. The number of H-pyrrole nitrogens is 2. The number of fused-ring (bicyclic) bond motifs is 2. The fourth-order valence-corrected chi connectivity index (χ4v) is 5.36. The van der Waals surface area contributed by atoms with E-state index in [0.29, 0.717) is 63.5 Å². The summed E-state index contributed by atoms with van der Waals surface area (Å²) in [5.74, 6) is 2.25. The Hall–Kier alpha value is -7.37. The molecule has 0 radical (unpaired) electrons. The number of anilines is 6. The predicted octanol–water partition coefficient (Wildman–Crippen LogP) is 8.70. The Morgan fingerprint density at radius 2 is 1.02 bits per heavy atom. The van der Waals surface area contributed by atoms with Crippen molar-refractivity contribution in [2.24, 2.45) is 0 Å². The molecule has 8 aromatic rings. The summed E-state index contributed by atoms with van der Waals surface area (Å²) in [7, 11) is 0. The maximum absolute atomic E-state index is 12.9. The van der Waals surface area contributed by atoms with E-state index in [2.05, 4.69) is 55.7 Å². The summed E-state index contributed by atoms with van der Waals surface area (Å²) in [5.41, 5.74) is 14.9. The molecular formula is C37H29F5N12O. The molecule has 0 saturated heterocycles. The number of nitrogens with one attached hydrogen (secondary N) is 4. The van der Waals surface area contributed by atoms with E-state index >= 15 is 0 Å². The molecule has 278 valence electrons. The van der Waals surface area contributed by atoms with Crippen LogP contribution < -0.4 is 26.8 Å². The van der Waals surface area contributed by atoms with Crippen LogP contribution in [-0.4, -0.2) is 46.4 Å². The summed E-state index contributed by atoms with van der Waals surface area (Å²) in [4.78, 5) is 17.4. The summed E-state index contributed by atoms with van der Waals surface area (Å²) < 4.78 is 68.4. The third-order valence-corrected chi connectivity index (χ3v) is 7.85. The first-order chi connectivity index (χ1) is 26.3. The van der Waals surface area contributed by atoms with Crippen LogP contribution in [0.2, 0.25) is 0 Å². The zero-order valence-electron chi connectivity index (χ0n) is 28.5. The molecule has 0 aliphatic rings. The number of nitrogen functional groups attached to an aromatic ring is 2. The van der Waals surface area contributed by atoms with Gasteiger partial charge < -0.3 is 26.8 Å². The lowest BCUT2D eigenvalue weighted by Crippen LogP contribution is -2.18. The van der Waals surface area contributed by atoms with Gasteiger partial charge in [-0.3, -0.25) is 10.2 Å². The molecule has 13 nitrogen and oxygen atoms in total. The normalized spacial score (nSPS) is 11.6. The lowest BCUT2D eigenvalue weighted by atomic mass is 10.2. The average Bonchev–Trinajstić information content (AvgIpc) is 3.76. The molecule has 0 bridgehead atoms. The highest BCUT2D eigenvalue weighted by Crippen LogP contribution is 2.33. The first kappa shape index (κ1) is 36.0. The van der Waals surface area contributed by atoms with E-state index in [-0.39, 0.29) is 17.4 Å². The molecule has 8 rings (SSSR count). The Morgan fingerprint density at radius 3 is 1.49 bits per heavy atom. The second-order valence-electron chi connectivity index (χ2n) is 12.0. The van der Waals surface area contributed by atoms with Crippen LogP contribution in [0, 0.1) is 0 Å². The number of aromatic amines is 2. The number of hydrogen-bond donors (Lipinski definition) is 6. The minimum Gasteiger partial charge on any atom is -0.433 e. The van der Waals surface area contributed by atoms with Crippen LogP contribution in [0.3, 0.4) is 0 Å². The lowest BCUT2D eigenvalue weighted by molar-refractivity contribution is -0.159. The van der Waals surface area contributed by atoms with Crippen LogP contribution in [0.1, 0.15) is 12.5 Å². The third kappa shape index (κ3) is 8.32. The molecule has 0 aliphatic carbocycles. The van der Waals surface area contributed by atoms with Gasteiger partial charge in [-0.05, 0) is 60.7 Å². The standard InChI is InChI=1S/C19H16F2N6O.C18H13F3N6/c1-19(20,21)28-13-9-7-11(8-10-13)16-24-15(22)14-17(26-27-18(14)25-16)23-12-5-3-2-4-6-12;19-18(20,21)11-6-8-12(9-7-11)23-16-13-14(22)24-15(25-17(13)27-26-16)10-4-2-1-3-5-10/h2-10H,1H3,(H4,22,23,24,25,26,27);1-9H,(H4,22,23,24,25,26,27). The largest absolute Gasteiger partial charge is 0.433 e. The van der Waals surface area contributed by atoms with Gasteiger partial charge >= 0.3 is 12.3 Å². The Balaban J connectivity index is 0.000000169. The third-order valence-electron chi connectivity index (χ3n) is 7.85. The van der Waals surface area contributed by atoms with Crippen LogP contribution in [-0.2, 0) is 6.18 Å². The van der Waals surface area contributed by atoms with E-state index in [4.69, 9.17) is 11.5 Å². The van der Waals surface area contributed by atoms with Gasteiger partial charge in [-0.15, -0.1) is 0 Å². The average molecular weight is 753 g/mol. The van der Waals surface area contributed by atoms with E-state index in [1.54, 1.807) is 12.1 Å². The fraction of sp³-hybridized carbons (Fsp3) is 0.0811. The first-order valence-corrected chi connectivity index (χ1v) is 16.3. The molecule has 0 saturated carbocycles. The van der Waals surface area contributed by atoms with Gasteiger partial charge in [0.05, 0.1) is 5.56 Å². The van der Waals surface area contributed by atoms with Crippen molar-refractivity contribution < 1.29 is 26.7 Å². The van der Waals surface area contributed by atoms with Gasteiger partial charge in [-0.2, -0.15) is 32.1 Å². The van der Waals surface area contributed by atoms with E-state index in [0.717, 1.165) is 23.4 Å². The summed E-state index contributed by atoms with van der Waals surface area (Å²) in [6.45, 7) is 0.678. The smallest absolute Gasteiger partial charge is 0.416 e. The number of hydrogen-bond acceptors (Lipinski definition) is 11. The van der Waals surface area contributed by atoms with E-state index in [1.165, 1.54) is 24.3 Å². The predicted molar refractivity (Wildman–Crippen MR) is 199 cm³/mol. The SMILES string of the molecule is CC(F)(F)Oc1ccc(-c2nc(N)c3c(Nc4ccccc4)[nH]nc3n2)cc1.Nc1nc(-c2ccccc2)nc2n[nH]c(Nc3ccc(C(F)(F)F)cc3)c12. The summed E-state index contributed by atoms with van der Waals surface area (Å²) in [6, 6.07) is 29.5. The van der Waals surface area contributed by atoms with Crippen LogP contribution in [0.25, 0.3) is 44.8 Å². The molecule has 55 heavy (non-hydrogen) atoms. The lowest BCUT2D eigenvalue weighted by Gasteiger charge is -2.13. The topological polar surface area (TPSA) is 194 Å². The van der Waals surface area contributed by atoms with Crippen molar-refractivity contribution in [2.45, 2.75) is 19.2 Å². The van der Waals surface area contributed by atoms with Gasteiger partial charge in [0.1, 0.15) is 39.8 Å². The minimum absolute atomic E-state index is 0.0411. The van der Waals surface area contributed by atoms with Crippen molar-refractivity contribution in [2.75, 3.05) is 22.1 Å². The molecule has 0 aliphatic heterocycles. The van der Waals surface area contributed by atoms with Gasteiger partial charge in [0.15, 0.2) is 22.9 Å². The minimum atomic E-state index is -4.38. The van der Waals surface area contributed by atoms with E-state index in [1.807, 2.05) is 60.7 Å². The number of rotatable bonds is 8. The second kappa shape index (κ2) is 14.6. The maximum Gasteiger partial charge on any atom is 0.416 e. The molecular weight excluding hydrogens is 723 g/mol. The van der Waals surface area contributed by atoms with Crippen LogP contribution in [0.4, 0.5) is 56.6 Å². The van der Waals surface area contributed by atoms with Crippen molar-refractivity contribution >= 4 is 56.7 Å². The van der Waals surface area contributed by atoms with Crippen LogP contribution in [0.15, 0.2) is 109 Å². The molecule has 0 unspecified atom stereocenters. The Morgan fingerprint density at radius 1 is 0.564 bits per heavy atom. The van der Waals surface area contributed by atoms with E-state index in [9.17, 15) is 22.0 Å². The van der Waals surface area contributed by atoms with Crippen molar-refractivity contribution in [3.05, 3.63) is 115 Å². The van der Waals surface area contributed by atoms with Gasteiger partial charge in [-0.25, -0.2) is 19.9 Å². The maximum atomic E-state index is 12.9. The van der Waals surface area contributed by atoms with Crippen molar-refractivity contribution in [3.63, 3.8) is 0 Å². The quantitative estimate of drug-likeness (QED) is 0.0813. The molecule has 4 heterocycles. The monoisotopic (exact) mass is 752 g/mol. The Bertz CT molecular complexity index is 2560. The summed E-state index contributed by atoms with van der Waals surface area (Å²) >= 11 is 0. The van der Waals surface area contributed by atoms with Crippen molar-refractivity contribution in [1.82, 2.24) is 40.3 Å². The summed E-state index contributed by atoms with van der Waals surface area (Å²) in [6.07, 6.45) is -7.64. The molecule has 8 N–H and O–H groups in total. The highest BCUT2D eigenvalue weighted by atomic mass is 19.4. The number of aromatic nitrogens is 8. The highest BCUT2D eigenvalue weighted by Gasteiger charge is 2.30. The molecule has 18 heteroatoms. The highest BCUT2D eigenvalue weighted by molar-refractivity contribution is 5.98. The Labute approximate surface area is 308 Å².